The number of carbonyl (C=O) groups is 2. The summed E-state index contributed by atoms with van der Waals surface area (Å²) in [6, 6.07) is 14.0. The number of Topliss-reactive ketones (excluding diaryl/α,β-unsaturated/α-hetero) is 1. The molecule has 138 valence electrons. The van der Waals surface area contributed by atoms with Crippen molar-refractivity contribution in [2.75, 3.05) is 0 Å². The minimum absolute atomic E-state index is 0.330. The summed E-state index contributed by atoms with van der Waals surface area (Å²) in [4.78, 5) is 23.7. The van der Waals surface area contributed by atoms with E-state index >= 15 is 0 Å². The van der Waals surface area contributed by atoms with Crippen molar-refractivity contribution in [2.45, 2.75) is 40.2 Å². The minimum Gasteiger partial charge on any atom is -0.423 e. The predicted octanol–water partition coefficient (Wildman–Crippen LogP) is 4.81. The van der Waals surface area contributed by atoms with Gasteiger partial charge in [0.1, 0.15) is 11.4 Å². The first-order valence-corrected chi connectivity index (χ1v) is 8.54. The van der Waals surface area contributed by atoms with Crippen LogP contribution in [0.3, 0.4) is 0 Å². The molecule has 4 heteroatoms. The second kappa shape index (κ2) is 9.11. The van der Waals surface area contributed by atoms with E-state index in [0.29, 0.717) is 16.9 Å². The molecule has 0 aliphatic heterocycles. The molecule has 0 spiro atoms. The minimum atomic E-state index is -1.42. The fourth-order valence-electron chi connectivity index (χ4n) is 2.10. The second-order valence-electron chi connectivity index (χ2n) is 6.16. The molecule has 0 aromatic heterocycles. The number of hydrogen-bond donors (Lipinski definition) is 1. The normalized spacial score (nSPS) is 10.4. The largest absolute Gasteiger partial charge is 0.423 e. The smallest absolute Gasteiger partial charge is 0.338 e. The molecule has 1 N–H and O–H groups in total. The van der Waals surface area contributed by atoms with Crippen molar-refractivity contribution in [3.63, 3.8) is 0 Å². The van der Waals surface area contributed by atoms with E-state index in [-0.39, 0.29) is 5.78 Å². The molecule has 0 saturated carbocycles. The van der Waals surface area contributed by atoms with Crippen molar-refractivity contribution in [1.82, 2.24) is 0 Å². The van der Waals surface area contributed by atoms with Crippen molar-refractivity contribution in [3.8, 4) is 16.9 Å². The summed E-state index contributed by atoms with van der Waals surface area (Å²) in [5.74, 6) is -0.382. The number of benzene rings is 2. The average molecular weight is 354 g/mol. The first kappa shape index (κ1) is 21.3. The van der Waals surface area contributed by atoms with Crippen molar-refractivity contribution in [2.24, 2.45) is 0 Å². The van der Waals surface area contributed by atoms with Crippen LogP contribution in [0.1, 0.15) is 45.0 Å². The van der Waals surface area contributed by atoms with Gasteiger partial charge in [0.05, 0.1) is 0 Å². The van der Waals surface area contributed by atoms with Crippen LogP contribution < -0.4 is 4.74 Å². The van der Waals surface area contributed by atoms with E-state index in [2.05, 4.69) is 6.58 Å². The molecule has 0 bridgehead atoms. The SMILES string of the molecule is C=C(C)C(=O)Oc1ccc(-c2cccc(C(=O)C(C)(C)O)c2)cc1.CC. The van der Waals surface area contributed by atoms with Gasteiger partial charge in [-0.2, -0.15) is 0 Å². The summed E-state index contributed by atoms with van der Waals surface area (Å²) in [5.41, 5.74) is 1.06. The Balaban J connectivity index is 0.00000163. The van der Waals surface area contributed by atoms with E-state index < -0.39 is 11.6 Å². The molecule has 2 aromatic carbocycles. The van der Waals surface area contributed by atoms with Gasteiger partial charge in [-0.05, 0) is 50.1 Å². The maximum absolute atomic E-state index is 12.2. The zero-order chi connectivity index (χ0) is 19.9. The molecular formula is C22H26O4. The van der Waals surface area contributed by atoms with Crippen molar-refractivity contribution in [3.05, 3.63) is 66.2 Å². The van der Waals surface area contributed by atoms with Crippen LogP contribution in [0.25, 0.3) is 11.1 Å². The number of aliphatic hydroxyl groups is 1. The van der Waals surface area contributed by atoms with Crippen LogP contribution >= 0.6 is 0 Å². The number of hydrogen-bond acceptors (Lipinski definition) is 4. The highest BCUT2D eigenvalue weighted by molar-refractivity contribution is 6.02. The zero-order valence-corrected chi connectivity index (χ0v) is 16.0. The lowest BCUT2D eigenvalue weighted by atomic mass is 9.94. The second-order valence-corrected chi connectivity index (χ2v) is 6.16. The Labute approximate surface area is 155 Å². The van der Waals surface area contributed by atoms with Crippen LogP contribution in [0.4, 0.5) is 0 Å². The van der Waals surface area contributed by atoms with E-state index in [1.54, 1.807) is 49.4 Å². The van der Waals surface area contributed by atoms with Gasteiger partial charge in [0.25, 0.3) is 0 Å². The molecule has 0 unspecified atom stereocenters. The highest BCUT2D eigenvalue weighted by Crippen LogP contribution is 2.25. The number of ether oxygens (including phenoxy) is 1. The summed E-state index contributed by atoms with van der Waals surface area (Å²) in [7, 11) is 0. The van der Waals surface area contributed by atoms with Gasteiger partial charge in [0.15, 0.2) is 5.78 Å². The molecule has 0 saturated heterocycles. The van der Waals surface area contributed by atoms with E-state index in [0.717, 1.165) is 11.1 Å². The van der Waals surface area contributed by atoms with E-state index in [1.807, 2.05) is 19.9 Å². The summed E-state index contributed by atoms with van der Waals surface area (Å²) >= 11 is 0. The highest BCUT2D eigenvalue weighted by Gasteiger charge is 2.25. The van der Waals surface area contributed by atoms with Crippen LogP contribution in [0, 0.1) is 0 Å². The number of carbonyl (C=O) groups excluding carboxylic acids is 2. The summed E-state index contributed by atoms with van der Waals surface area (Å²) < 4.78 is 5.15. The summed E-state index contributed by atoms with van der Waals surface area (Å²) in [5, 5.41) is 9.86. The van der Waals surface area contributed by atoms with E-state index in [1.165, 1.54) is 13.8 Å². The number of esters is 1. The maximum Gasteiger partial charge on any atom is 0.338 e. The van der Waals surface area contributed by atoms with Gasteiger partial charge in [-0.15, -0.1) is 0 Å². The Morgan fingerprint density at radius 2 is 1.58 bits per heavy atom. The lowest BCUT2D eigenvalue weighted by Gasteiger charge is -2.16. The Hall–Kier alpha value is -2.72. The topological polar surface area (TPSA) is 63.6 Å². The Bertz CT molecular complexity index is 781. The summed E-state index contributed by atoms with van der Waals surface area (Å²) in [6.45, 7) is 12.1. The van der Waals surface area contributed by atoms with Crippen molar-refractivity contribution < 1.29 is 19.4 Å². The number of rotatable bonds is 5. The molecule has 26 heavy (non-hydrogen) atoms. The molecule has 2 aromatic rings. The van der Waals surface area contributed by atoms with Gasteiger partial charge in [-0.25, -0.2) is 4.79 Å². The van der Waals surface area contributed by atoms with Gasteiger partial charge in [-0.3, -0.25) is 4.79 Å². The van der Waals surface area contributed by atoms with Crippen molar-refractivity contribution in [1.29, 1.82) is 0 Å². The van der Waals surface area contributed by atoms with E-state index in [4.69, 9.17) is 4.74 Å². The summed E-state index contributed by atoms with van der Waals surface area (Å²) in [6.07, 6.45) is 0. The van der Waals surface area contributed by atoms with Crippen LogP contribution in [0.5, 0.6) is 5.75 Å². The van der Waals surface area contributed by atoms with Gasteiger partial charge in [0.2, 0.25) is 0 Å². The first-order valence-electron chi connectivity index (χ1n) is 8.54. The quantitative estimate of drug-likeness (QED) is 0.362. The van der Waals surface area contributed by atoms with Crippen LogP contribution in [-0.2, 0) is 4.79 Å². The number of ketones is 1. The van der Waals surface area contributed by atoms with Gasteiger partial charge in [-0.1, -0.05) is 50.8 Å². The fourth-order valence-corrected chi connectivity index (χ4v) is 2.10. The van der Waals surface area contributed by atoms with Crippen molar-refractivity contribution >= 4 is 11.8 Å². The molecule has 0 fully saturated rings. The Morgan fingerprint density at radius 1 is 1.00 bits per heavy atom. The lowest BCUT2D eigenvalue weighted by molar-refractivity contribution is -0.130. The van der Waals surface area contributed by atoms with E-state index in [9.17, 15) is 14.7 Å². The maximum atomic E-state index is 12.2. The average Bonchev–Trinajstić information content (AvgIpc) is 2.62. The monoisotopic (exact) mass is 354 g/mol. The molecule has 0 aliphatic rings. The van der Waals surface area contributed by atoms with Crippen LogP contribution in [-0.4, -0.2) is 22.5 Å². The third-order valence-corrected chi connectivity index (χ3v) is 3.43. The molecular weight excluding hydrogens is 328 g/mol. The Kier molecular flexibility index (Phi) is 7.47. The fraction of sp³-hybridized carbons (Fsp3) is 0.273. The van der Waals surface area contributed by atoms with Gasteiger partial charge < -0.3 is 9.84 Å². The first-order chi connectivity index (χ1) is 12.2. The molecule has 0 atom stereocenters. The molecule has 0 radical (unpaired) electrons. The van der Waals surface area contributed by atoms with Gasteiger partial charge in [0, 0.05) is 11.1 Å². The molecule has 0 aliphatic carbocycles. The molecule has 0 heterocycles. The molecule has 2 rings (SSSR count). The molecule has 4 nitrogen and oxygen atoms in total. The van der Waals surface area contributed by atoms with Crippen LogP contribution in [0.2, 0.25) is 0 Å². The van der Waals surface area contributed by atoms with Crippen LogP contribution in [0.15, 0.2) is 60.7 Å². The molecule has 0 amide bonds. The van der Waals surface area contributed by atoms with Gasteiger partial charge >= 0.3 is 5.97 Å². The zero-order valence-electron chi connectivity index (χ0n) is 16.0. The third-order valence-electron chi connectivity index (χ3n) is 3.43. The third kappa shape index (κ3) is 5.67. The standard InChI is InChI=1S/C20H20O4.C2H6/c1-13(2)19(22)24-17-10-8-14(9-11-17)15-6-5-7-16(12-15)18(21)20(3,4)23;1-2/h5-12,23H,1H2,2-4H3;1-2H3. The lowest BCUT2D eigenvalue weighted by Crippen LogP contribution is -2.31. The Morgan fingerprint density at radius 3 is 2.08 bits per heavy atom. The predicted molar refractivity (Wildman–Crippen MR) is 104 cm³/mol. The highest BCUT2D eigenvalue weighted by atomic mass is 16.5.